The maximum Gasteiger partial charge on any atom is 0.193 e. The van der Waals surface area contributed by atoms with Crippen LogP contribution in [0.5, 0.6) is 0 Å². The second-order valence-corrected chi connectivity index (χ2v) is 8.18. The maximum atomic E-state index is 13.2. The maximum absolute atomic E-state index is 13.2. The lowest BCUT2D eigenvalue weighted by Crippen LogP contribution is -2.03. The van der Waals surface area contributed by atoms with Gasteiger partial charge in [-0.1, -0.05) is 35.5 Å². The lowest BCUT2D eigenvalue weighted by atomic mass is 9.97. The van der Waals surface area contributed by atoms with Gasteiger partial charge in [0.25, 0.3) is 0 Å². The summed E-state index contributed by atoms with van der Waals surface area (Å²) in [5, 5.41) is 6.46. The number of hydrogen-bond acceptors (Lipinski definition) is 3. The molecule has 4 nitrogen and oxygen atoms in total. The highest BCUT2D eigenvalue weighted by Gasteiger charge is 2.16. The minimum Gasteiger partial charge on any atom is -0.393 e. The number of nitrogens with zero attached hydrogens (tertiary/aromatic N) is 2. The number of aryl methyl sites for hydroxylation is 2. The van der Waals surface area contributed by atoms with Crippen molar-refractivity contribution in [2.24, 2.45) is 5.16 Å². The summed E-state index contributed by atoms with van der Waals surface area (Å²) in [6.07, 6.45) is 0.0377. The predicted octanol–water partition coefficient (Wildman–Crippen LogP) is 6.50. The summed E-state index contributed by atoms with van der Waals surface area (Å²) in [6, 6.07) is 20.1. The average Bonchev–Trinajstić information content (AvgIpc) is 3.09. The second kappa shape index (κ2) is 8.38. The van der Waals surface area contributed by atoms with Crippen LogP contribution in [0.1, 0.15) is 54.7 Å². The SMILES string of the molecule is CCn1c2ccc(C(=O)c3ccccc3C)cc2c2cc(/C(C)=N/OC(C)C)ccc21. The fourth-order valence-corrected chi connectivity index (χ4v) is 4.03. The van der Waals surface area contributed by atoms with Gasteiger partial charge in [0, 0.05) is 39.5 Å². The van der Waals surface area contributed by atoms with Crippen molar-refractivity contribution in [3.05, 3.63) is 82.9 Å². The van der Waals surface area contributed by atoms with E-state index in [1.54, 1.807) is 0 Å². The van der Waals surface area contributed by atoms with Crippen LogP contribution in [0.2, 0.25) is 0 Å². The first-order valence-electron chi connectivity index (χ1n) is 10.8. The smallest absolute Gasteiger partial charge is 0.193 e. The monoisotopic (exact) mass is 412 g/mol. The van der Waals surface area contributed by atoms with Crippen LogP contribution in [-0.2, 0) is 11.4 Å². The first-order valence-corrected chi connectivity index (χ1v) is 10.8. The predicted molar refractivity (Wildman–Crippen MR) is 128 cm³/mol. The molecule has 0 aliphatic carbocycles. The van der Waals surface area contributed by atoms with Crippen LogP contribution in [0.3, 0.4) is 0 Å². The molecule has 158 valence electrons. The summed E-state index contributed by atoms with van der Waals surface area (Å²) >= 11 is 0. The van der Waals surface area contributed by atoms with Gasteiger partial charge in [-0.15, -0.1) is 0 Å². The molecule has 4 heteroatoms. The van der Waals surface area contributed by atoms with Gasteiger partial charge in [0.05, 0.1) is 5.71 Å². The second-order valence-electron chi connectivity index (χ2n) is 8.18. The Hall–Kier alpha value is -3.40. The zero-order chi connectivity index (χ0) is 22.1. The van der Waals surface area contributed by atoms with Crippen molar-refractivity contribution in [2.75, 3.05) is 0 Å². The fourth-order valence-electron chi connectivity index (χ4n) is 4.03. The third-order valence-corrected chi connectivity index (χ3v) is 5.65. The Balaban J connectivity index is 1.88. The summed E-state index contributed by atoms with van der Waals surface area (Å²) in [6.45, 7) is 10.8. The molecule has 0 spiro atoms. The summed E-state index contributed by atoms with van der Waals surface area (Å²) in [4.78, 5) is 18.6. The van der Waals surface area contributed by atoms with Crippen molar-refractivity contribution < 1.29 is 9.63 Å². The molecule has 0 atom stereocenters. The van der Waals surface area contributed by atoms with Gasteiger partial charge in [-0.2, -0.15) is 0 Å². The van der Waals surface area contributed by atoms with E-state index >= 15 is 0 Å². The lowest BCUT2D eigenvalue weighted by molar-refractivity contribution is 0.0860. The van der Waals surface area contributed by atoms with Crippen LogP contribution in [0.4, 0.5) is 0 Å². The van der Waals surface area contributed by atoms with Crippen LogP contribution < -0.4 is 0 Å². The fraction of sp³-hybridized carbons (Fsp3) is 0.259. The van der Waals surface area contributed by atoms with Gasteiger partial charge in [-0.3, -0.25) is 4.79 Å². The molecule has 0 radical (unpaired) electrons. The number of aromatic nitrogens is 1. The Labute approximate surface area is 183 Å². The molecule has 3 aromatic carbocycles. The van der Waals surface area contributed by atoms with E-state index in [1.165, 1.54) is 0 Å². The Kier molecular flexibility index (Phi) is 5.64. The molecular weight excluding hydrogens is 384 g/mol. The van der Waals surface area contributed by atoms with Gasteiger partial charge in [-0.05, 0) is 76.1 Å². The Bertz CT molecular complexity index is 1310. The van der Waals surface area contributed by atoms with Crippen molar-refractivity contribution in [3.8, 4) is 0 Å². The molecular formula is C27H28N2O2. The molecule has 31 heavy (non-hydrogen) atoms. The molecule has 0 fully saturated rings. The van der Waals surface area contributed by atoms with Gasteiger partial charge in [-0.25, -0.2) is 0 Å². The van der Waals surface area contributed by atoms with Gasteiger partial charge >= 0.3 is 0 Å². The molecule has 1 heterocycles. The highest BCUT2D eigenvalue weighted by Crippen LogP contribution is 2.31. The minimum absolute atomic E-state index is 0.0377. The first-order chi connectivity index (χ1) is 14.9. The molecule has 0 bridgehead atoms. The standard InChI is InChI=1S/C27H28N2O2/c1-6-29-25-13-11-20(19(5)28-31-17(2)3)15-23(25)24-16-21(12-14-26(24)29)27(30)22-10-8-7-9-18(22)4/h7-17H,6H2,1-5H3/b28-19+. The zero-order valence-corrected chi connectivity index (χ0v) is 18.8. The number of benzene rings is 3. The highest BCUT2D eigenvalue weighted by molar-refractivity contribution is 6.16. The van der Waals surface area contributed by atoms with Crippen LogP contribution >= 0.6 is 0 Å². The summed E-state index contributed by atoms with van der Waals surface area (Å²) in [5.74, 6) is 0.0524. The molecule has 0 aliphatic heterocycles. The summed E-state index contributed by atoms with van der Waals surface area (Å²) in [7, 11) is 0. The van der Waals surface area contributed by atoms with E-state index in [0.29, 0.717) is 5.56 Å². The van der Waals surface area contributed by atoms with E-state index < -0.39 is 0 Å². The summed E-state index contributed by atoms with van der Waals surface area (Å²) < 4.78 is 2.29. The Morgan fingerprint density at radius 2 is 1.58 bits per heavy atom. The number of fused-ring (bicyclic) bond motifs is 3. The van der Waals surface area contributed by atoms with Crippen LogP contribution in [0.25, 0.3) is 21.8 Å². The van der Waals surface area contributed by atoms with Crippen LogP contribution in [-0.4, -0.2) is 22.2 Å². The van der Waals surface area contributed by atoms with Crippen molar-refractivity contribution in [1.82, 2.24) is 4.57 Å². The average molecular weight is 413 g/mol. The van der Waals surface area contributed by atoms with Crippen LogP contribution in [0.15, 0.2) is 65.8 Å². The van der Waals surface area contributed by atoms with E-state index in [9.17, 15) is 4.79 Å². The van der Waals surface area contributed by atoms with Gasteiger partial charge in [0.1, 0.15) is 6.10 Å². The molecule has 0 aliphatic rings. The Morgan fingerprint density at radius 3 is 2.19 bits per heavy atom. The third kappa shape index (κ3) is 3.86. The van der Waals surface area contributed by atoms with Gasteiger partial charge < -0.3 is 9.40 Å². The lowest BCUT2D eigenvalue weighted by Gasteiger charge is -2.06. The third-order valence-electron chi connectivity index (χ3n) is 5.65. The number of carbonyl (C=O) groups is 1. The highest BCUT2D eigenvalue weighted by atomic mass is 16.6. The molecule has 0 amide bonds. The van der Waals surface area contributed by atoms with Crippen molar-refractivity contribution in [3.63, 3.8) is 0 Å². The Morgan fingerprint density at radius 1 is 0.968 bits per heavy atom. The zero-order valence-electron chi connectivity index (χ0n) is 18.8. The number of ketones is 1. The number of carbonyl (C=O) groups excluding carboxylic acids is 1. The van der Waals surface area contributed by atoms with Crippen molar-refractivity contribution in [1.29, 1.82) is 0 Å². The molecule has 0 N–H and O–H groups in total. The van der Waals surface area contributed by atoms with E-state index in [1.807, 2.05) is 64.1 Å². The van der Waals surface area contributed by atoms with Crippen LogP contribution in [0, 0.1) is 6.92 Å². The van der Waals surface area contributed by atoms with Gasteiger partial charge in [0.15, 0.2) is 5.78 Å². The molecule has 4 rings (SSSR count). The quantitative estimate of drug-likeness (QED) is 0.206. The molecule has 1 aromatic heterocycles. The number of oxime groups is 1. The largest absolute Gasteiger partial charge is 0.393 e. The molecule has 4 aromatic rings. The normalized spacial score (nSPS) is 12.1. The van der Waals surface area contributed by atoms with Crippen molar-refractivity contribution in [2.45, 2.75) is 47.3 Å². The molecule has 0 unspecified atom stereocenters. The van der Waals surface area contributed by atoms with E-state index in [4.69, 9.17) is 4.84 Å². The first kappa shape index (κ1) is 20.9. The topological polar surface area (TPSA) is 43.6 Å². The van der Waals surface area contributed by atoms with E-state index in [-0.39, 0.29) is 11.9 Å². The van der Waals surface area contributed by atoms with E-state index in [2.05, 4.69) is 40.9 Å². The van der Waals surface area contributed by atoms with E-state index in [0.717, 1.165) is 50.8 Å². The number of hydrogen-bond donors (Lipinski definition) is 0. The molecule has 0 saturated heterocycles. The van der Waals surface area contributed by atoms with Gasteiger partial charge in [0.2, 0.25) is 0 Å². The molecule has 0 saturated carbocycles. The minimum atomic E-state index is 0.0377. The summed E-state index contributed by atoms with van der Waals surface area (Å²) in [5.41, 5.74) is 6.57. The number of rotatable bonds is 6. The van der Waals surface area contributed by atoms with Crippen molar-refractivity contribution >= 4 is 33.3 Å².